The average Bonchev–Trinajstić information content (AvgIpc) is 2.26. The van der Waals surface area contributed by atoms with Crippen LogP contribution in [0.4, 0.5) is 0 Å². The standard InChI is InChI=1S/C12H11N3/c1-15-5-3-12-10(8-15)6-9-7-13-4-2-11(9)14-12/h2-7H,8H2,1H3. The van der Waals surface area contributed by atoms with Gasteiger partial charge in [-0.2, -0.15) is 0 Å². The van der Waals surface area contributed by atoms with Crippen molar-refractivity contribution in [3.05, 3.63) is 42.0 Å². The molecule has 15 heavy (non-hydrogen) atoms. The lowest BCUT2D eigenvalue weighted by Gasteiger charge is -2.20. The Morgan fingerprint density at radius 2 is 2.33 bits per heavy atom. The second kappa shape index (κ2) is 3.05. The fourth-order valence-electron chi connectivity index (χ4n) is 1.87. The van der Waals surface area contributed by atoms with E-state index in [9.17, 15) is 0 Å². The highest BCUT2D eigenvalue weighted by Gasteiger charge is 2.09. The topological polar surface area (TPSA) is 29.0 Å². The van der Waals surface area contributed by atoms with E-state index in [1.54, 1.807) is 6.20 Å². The largest absolute Gasteiger partial charge is 0.376 e. The molecular weight excluding hydrogens is 186 g/mol. The zero-order valence-electron chi connectivity index (χ0n) is 8.51. The van der Waals surface area contributed by atoms with Crippen LogP contribution in [0.5, 0.6) is 0 Å². The number of pyridine rings is 2. The van der Waals surface area contributed by atoms with Crippen LogP contribution in [0.1, 0.15) is 11.3 Å². The maximum atomic E-state index is 4.60. The number of rotatable bonds is 0. The maximum absolute atomic E-state index is 4.60. The van der Waals surface area contributed by atoms with Crippen molar-refractivity contribution < 1.29 is 0 Å². The molecule has 0 atom stereocenters. The predicted octanol–water partition coefficient (Wildman–Crippen LogP) is 2.05. The van der Waals surface area contributed by atoms with Crippen LogP contribution in [0, 0.1) is 0 Å². The van der Waals surface area contributed by atoms with Crippen LogP contribution < -0.4 is 0 Å². The van der Waals surface area contributed by atoms with Crippen LogP contribution in [-0.2, 0) is 6.54 Å². The summed E-state index contributed by atoms with van der Waals surface area (Å²) in [5.41, 5.74) is 3.35. The number of aromatic nitrogens is 2. The van der Waals surface area contributed by atoms with Gasteiger partial charge >= 0.3 is 0 Å². The molecule has 1 aliphatic rings. The van der Waals surface area contributed by atoms with Gasteiger partial charge in [0.15, 0.2) is 0 Å². The van der Waals surface area contributed by atoms with Crippen LogP contribution in [0.25, 0.3) is 17.0 Å². The fourth-order valence-corrected chi connectivity index (χ4v) is 1.87. The van der Waals surface area contributed by atoms with Crippen molar-refractivity contribution in [2.45, 2.75) is 6.54 Å². The first-order valence-corrected chi connectivity index (χ1v) is 4.95. The van der Waals surface area contributed by atoms with Gasteiger partial charge in [-0.15, -0.1) is 0 Å². The molecule has 0 amide bonds. The second-order valence-electron chi connectivity index (χ2n) is 3.83. The molecule has 0 saturated heterocycles. The van der Waals surface area contributed by atoms with Gasteiger partial charge in [-0.05, 0) is 23.8 Å². The highest BCUT2D eigenvalue weighted by molar-refractivity contribution is 5.80. The monoisotopic (exact) mass is 197 g/mol. The predicted molar refractivity (Wildman–Crippen MR) is 60.0 cm³/mol. The molecule has 2 aromatic rings. The van der Waals surface area contributed by atoms with E-state index in [1.807, 2.05) is 12.3 Å². The number of fused-ring (bicyclic) bond motifs is 2. The smallest absolute Gasteiger partial charge is 0.0740 e. The number of hydrogen-bond donors (Lipinski definition) is 0. The zero-order valence-corrected chi connectivity index (χ0v) is 8.51. The molecule has 0 aromatic carbocycles. The lowest BCUT2D eigenvalue weighted by molar-refractivity contribution is 0.447. The lowest BCUT2D eigenvalue weighted by atomic mass is 10.1. The van der Waals surface area contributed by atoms with Gasteiger partial charge in [0.2, 0.25) is 0 Å². The third-order valence-corrected chi connectivity index (χ3v) is 2.63. The van der Waals surface area contributed by atoms with E-state index in [4.69, 9.17) is 0 Å². The first-order chi connectivity index (χ1) is 7.33. The van der Waals surface area contributed by atoms with Crippen molar-refractivity contribution in [3.63, 3.8) is 0 Å². The lowest BCUT2D eigenvalue weighted by Crippen LogP contribution is -2.15. The molecule has 3 heteroatoms. The molecule has 3 nitrogen and oxygen atoms in total. The van der Waals surface area contributed by atoms with Gasteiger partial charge in [-0.3, -0.25) is 4.98 Å². The van der Waals surface area contributed by atoms with E-state index >= 15 is 0 Å². The van der Waals surface area contributed by atoms with E-state index < -0.39 is 0 Å². The highest BCUT2D eigenvalue weighted by atomic mass is 15.1. The minimum Gasteiger partial charge on any atom is -0.376 e. The molecule has 0 radical (unpaired) electrons. The zero-order chi connectivity index (χ0) is 10.3. The Morgan fingerprint density at radius 1 is 1.40 bits per heavy atom. The van der Waals surface area contributed by atoms with Crippen LogP contribution in [0.15, 0.2) is 30.7 Å². The summed E-state index contributed by atoms with van der Waals surface area (Å²) in [5, 5.41) is 1.11. The maximum Gasteiger partial charge on any atom is 0.0740 e. The van der Waals surface area contributed by atoms with Crippen molar-refractivity contribution in [3.8, 4) is 0 Å². The summed E-state index contributed by atoms with van der Waals surface area (Å²) in [4.78, 5) is 10.9. The van der Waals surface area contributed by atoms with Crippen LogP contribution in [0.3, 0.4) is 0 Å². The first kappa shape index (κ1) is 8.41. The van der Waals surface area contributed by atoms with E-state index in [2.05, 4.69) is 40.3 Å². The quantitative estimate of drug-likeness (QED) is 0.647. The summed E-state index contributed by atoms with van der Waals surface area (Å²) >= 11 is 0. The summed E-state index contributed by atoms with van der Waals surface area (Å²) in [6, 6.07) is 4.12. The normalized spacial score (nSPS) is 14.3. The number of nitrogens with zero attached hydrogens (tertiary/aromatic N) is 3. The molecule has 0 saturated carbocycles. The van der Waals surface area contributed by atoms with Crippen LogP contribution >= 0.6 is 0 Å². The summed E-state index contributed by atoms with van der Waals surface area (Å²) < 4.78 is 0. The Labute approximate surface area is 88.1 Å². The van der Waals surface area contributed by atoms with Crippen molar-refractivity contribution in [1.29, 1.82) is 0 Å². The molecular formula is C12H11N3. The van der Waals surface area contributed by atoms with E-state index in [-0.39, 0.29) is 0 Å². The molecule has 0 fully saturated rings. The number of hydrogen-bond acceptors (Lipinski definition) is 3. The molecule has 0 N–H and O–H groups in total. The minimum atomic E-state index is 0.920. The molecule has 3 heterocycles. The van der Waals surface area contributed by atoms with E-state index in [0.717, 1.165) is 23.1 Å². The molecule has 74 valence electrons. The molecule has 0 aliphatic carbocycles. The molecule has 0 spiro atoms. The highest BCUT2D eigenvalue weighted by Crippen LogP contribution is 2.21. The summed E-state index contributed by atoms with van der Waals surface area (Å²) in [5.74, 6) is 0. The van der Waals surface area contributed by atoms with Gasteiger partial charge < -0.3 is 4.90 Å². The van der Waals surface area contributed by atoms with Gasteiger partial charge in [-0.25, -0.2) is 4.98 Å². The van der Waals surface area contributed by atoms with Gasteiger partial charge in [0.05, 0.1) is 11.2 Å². The molecule has 0 unspecified atom stereocenters. The van der Waals surface area contributed by atoms with Gasteiger partial charge in [0.25, 0.3) is 0 Å². The molecule has 3 rings (SSSR count). The SMILES string of the molecule is CN1C=Cc2nc3ccncc3cc2C1. The van der Waals surface area contributed by atoms with Crippen LogP contribution in [-0.4, -0.2) is 21.9 Å². The van der Waals surface area contributed by atoms with Crippen molar-refractivity contribution in [2.75, 3.05) is 7.05 Å². The van der Waals surface area contributed by atoms with Gasteiger partial charge in [-0.1, -0.05) is 0 Å². The summed E-state index contributed by atoms with van der Waals surface area (Å²) in [7, 11) is 2.06. The van der Waals surface area contributed by atoms with Crippen LogP contribution in [0.2, 0.25) is 0 Å². The Kier molecular flexibility index (Phi) is 1.71. The van der Waals surface area contributed by atoms with Gasteiger partial charge in [0.1, 0.15) is 0 Å². The average molecular weight is 197 g/mol. The second-order valence-corrected chi connectivity index (χ2v) is 3.83. The Hall–Kier alpha value is -1.90. The Morgan fingerprint density at radius 3 is 3.27 bits per heavy atom. The molecule has 0 bridgehead atoms. The van der Waals surface area contributed by atoms with E-state index in [1.165, 1.54) is 5.56 Å². The molecule has 1 aliphatic heterocycles. The summed E-state index contributed by atoms with van der Waals surface area (Å²) in [6.45, 7) is 0.920. The van der Waals surface area contributed by atoms with Crippen molar-refractivity contribution in [1.82, 2.24) is 14.9 Å². The van der Waals surface area contributed by atoms with Crippen molar-refractivity contribution >= 4 is 17.0 Å². The van der Waals surface area contributed by atoms with Crippen molar-refractivity contribution in [2.24, 2.45) is 0 Å². The Balaban J connectivity index is 2.26. The van der Waals surface area contributed by atoms with E-state index in [0.29, 0.717) is 0 Å². The fraction of sp³-hybridized carbons (Fsp3) is 0.167. The third-order valence-electron chi connectivity index (χ3n) is 2.63. The molecule has 2 aromatic heterocycles. The Bertz CT molecular complexity index is 546. The third kappa shape index (κ3) is 1.36. The minimum absolute atomic E-state index is 0.920. The summed E-state index contributed by atoms with van der Waals surface area (Å²) in [6.07, 6.45) is 7.75. The first-order valence-electron chi connectivity index (χ1n) is 4.95. The van der Waals surface area contributed by atoms with Gasteiger partial charge in [0, 0.05) is 37.6 Å².